The third-order valence-corrected chi connectivity index (χ3v) is 6.19. The first-order valence-corrected chi connectivity index (χ1v) is 10.6. The number of carbonyl (C=O) groups excluding carboxylic acids is 1. The number of ether oxygens (including phenoxy) is 1. The normalized spacial score (nSPS) is 22.4. The molecule has 3 atom stereocenters. The Bertz CT molecular complexity index is 752. The van der Waals surface area contributed by atoms with Crippen molar-refractivity contribution in [3.63, 3.8) is 0 Å². The SMILES string of the molecule is CC1CCCC(NC(=O)CSc2n[nH]c(COc3ccc(Cl)cc3)n2)C1C. The third kappa shape index (κ3) is 5.87. The number of amides is 1. The predicted molar refractivity (Wildman–Crippen MR) is 107 cm³/mol. The average molecular weight is 409 g/mol. The third-order valence-electron chi connectivity index (χ3n) is 5.09. The molecule has 3 rings (SSSR count). The molecule has 1 amide bonds. The standard InChI is InChI=1S/C19H25ClN4O2S/c1-12-4-3-5-16(13(12)2)21-18(25)11-27-19-22-17(23-24-19)10-26-15-8-6-14(20)7-9-15/h6-9,12-13,16H,3-5,10-11H2,1-2H3,(H,21,25)(H,22,23,24). The Hall–Kier alpha value is -1.73. The number of carbonyl (C=O) groups is 1. The smallest absolute Gasteiger partial charge is 0.230 e. The van der Waals surface area contributed by atoms with Gasteiger partial charge < -0.3 is 10.1 Å². The van der Waals surface area contributed by atoms with Crippen LogP contribution < -0.4 is 10.1 Å². The summed E-state index contributed by atoms with van der Waals surface area (Å²) in [5.41, 5.74) is 0. The van der Waals surface area contributed by atoms with Gasteiger partial charge >= 0.3 is 0 Å². The van der Waals surface area contributed by atoms with Gasteiger partial charge in [-0.25, -0.2) is 4.98 Å². The van der Waals surface area contributed by atoms with Gasteiger partial charge in [-0.3, -0.25) is 9.89 Å². The maximum atomic E-state index is 12.2. The van der Waals surface area contributed by atoms with E-state index < -0.39 is 0 Å². The number of nitrogens with zero attached hydrogens (tertiary/aromatic N) is 2. The molecule has 1 aliphatic carbocycles. The molecule has 1 aliphatic rings. The number of H-pyrrole nitrogens is 1. The molecule has 1 aromatic heterocycles. The van der Waals surface area contributed by atoms with Gasteiger partial charge in [-0.1, -0.05) is 50.1 Å². The Morgan fingerprint density at radius 1 is 1.33 bits per heavy atom. The van der Waals surface area contributed by atoms with Crippen molar-refractivity contribution in [2.24, 2.45) is 11.8 Å². The molecule has 27 heavy (non-hydrogen) atoms. The highest BCUT2D eigenvalue weighted by atomic mass is 35.5. The van der Waals surface area contributed by atoms with Crippen LogP contribution in [0, 0.1) is 11.8 Å². The van der Waals surface area contributed by atoms with Crippen LogP contribution in [-0.4, -0.2) is 32.9 Å². The first kappa shape index (κ1) is 20.0. The van der Waals surface area contributed by atoms with Gasteiger partial charge in [0.25, 0.3) is 0 Å². The van der Waals surface area contributed by atoms with Gasteiger partial charge in [0.15, 0.2) is 5.82 Å². The summed E-state index contributed by atoms with van der Waals surface area (Å²) in [6, 6.07) is 7.41. The molecular weight excluding hydrogens is 384 g/mol. The lowest BCUT2D eigenvalue weighted by Crippen LogP contribution is -2.44. The maximum absolute atomic E-state index is 12.2. The van der Waals surface area contributed by atoms with Crippen LogP contribution in [0.15, 0.2) is 29.4 Å². The van der Waals surface area contributed by atoms with Gasteiger partial charge in [0.1, 0.15) is 12.4 Å². The van der Waals surface area contributed by atoms with E-state index in [1.807, 2.05) is 0 Å². The van der Waals surface area contributed by atoms with Crippen molar-refractivity contribution in [1.29, 1.82) is 0 Å². The molecule has 2 aromatic rings. The minimum Gasteiger partial charge on any atom is -0.486 e. The predicted octanol–water partition coefficient (Wildman–Crippen LogP) is 4.07. The number of thioether (sulfide) groups is 1. The van der Waals surface area contributed by atoms with Crippen molar-refractivity contribution >= 4 is 29.3 Å². The molecule has 0 bridgehead atoms. The fourth-order valence-electron chi connectivity index (χ4n) is 3.25. The average Bonchev–Trinajstić information content (AvgIpc) is 3.11. The Balaban J connectivity index is 1.42. The molecule has 1 fully saturated rings. The number of hydrogen-bond donors (Lipinski definition) is 2. The van der Waals surface area contributed by atoms with Gasteiger partial charge in [-0.15, -0.1) is 5.10 Å². The zero-order chi connectivity index (χ0) is 19.2. The van der Waals surface area contributed by atoms with E-state index in [2.05, 4.69) is 34.3 Å². The number of hydrogen-bond acceptors (Lipinski definition) is 5. The van der Waals surface area contributed by atoms with E-state index in [9.17, 15) is 4.79 Å². The molecule has 146 valence electrons. The van der Waals surface area contributed by atoms with Gasteiger partial charge in [0, 0.05) is 11.1 Å². The van der Waals surface area contributed by atoms with Crippen molar-refractivity contribution in [2.45, 2.75) is 50.9 Å². The molecule has 0 spiro atoms. The first-order valence-electron chi connectivity index (χ1n) is 9.23. The van der Waals surface area contributed by atoms with Crippen LogP contribution in [0.3, 0.4) is 0 Å². The molecular formula is C19H25ClN4O2S. The second-order valence-electron chi connectivity index (χ2n) is 7.04. The monoisotopic (exact) mass is 408 g/mol. The van der Waals surface area contributed by atoms with Gasteiger partial charge in [0.2, 0.25) is 11.1 Å². The van der Waals surface area contributed by atoms with E-state index in [-0.39, 0.29) is 18.6 Å². The number of halogens is 1. The van der Waals surface area contributed by atoms with E-state index in [1.54, 1.807) is 24.3 Å². The van der Waals surface area contributed by atoms with E-state index in [4.69, 9.17) is 16.3 Å². The molecule has 8 heteroatoms. The lowest BCUT2D eigenvalue weighted by atomic mass is 9.78. The van der Waals surface area contributed by atoms with E-state index in [0.717, 1.165) is 6.42 Å². The van der Waals surface area contributed by atoms with Crippen LogP contribution in [-0.2, 0) is 11.4 Å². The number of benzene rings is 1. The Kier molecular flexibility index (Phi) is 7.01. The topological polar surface area (TPSA) is 79.9 Å². The van der Waals surface area contributed by atoms with E-state index in [0.29, 0.717) is 39.3 Å². The zero-order valence-electron chi connectivity index (χ0n) is 15.6. The van der Waals surface area contributed by atoms with Crippen LogP contribution in [0.1, 0.15) is 38.9 Å². The highest BCUT2D eigenvalue weighted by Crippen LogP contribution is 2.29. The van der Waals surface area contributed by atoms with Gasteiger partial charge in [-0.2, -0.15) is 0 Å². The quantitative estimate of drug-likeness (QED) is 0.675. The summed E-state index contributed by atoms with van der Waals surface area (Å²) < 4.78 is 5.63. The summed E-state index contributed by atoms with van der Waals surface area (Å²) >= 11 is 7.17. The largest absolute Gasteiger partial charge is 0.486 e. The van der Waals surface area contributed by atoms with Crippen LogP contribution in [0.2, 0.25) is 5.02 Å². The van der Waals surface area contributed by atoms with Crippen molar-refractivity contribution in [3.8, 4) is 5.75 Å². The van der Waals surface area contributed by atoms with E-state index >= 15 is 0 Å². The lowest BCUT2D eigenvalue weighted by Gasteiger charge is -2.34. The number of rotatable bonds is 7. The molecule has 2 N–H and O–H groups in total. The number of nitrogens with one attached hydrogen (secondary N) is 2. The summed E-state index contributed by atoms with van der Waals surface area (Å²) in [6.07, 6.45) is 3.50. The first-order chi connectivity index (χ1) is 13.0. The molecule has 6 nitrogen and oxygen atoms in total. The maximum Gasteiger partial charge on any atom is 0.230 e. The van der Waals surface area contributed by atoms with Crippen LogP contribution >= 0.6 is 23.4 Å². The Morgan fingerprint density at radius 2 is 2.11 bits per heavy atom. The summed E-state index contributed by atoms with van der Waals surface area (Å²) in [6.45, 7) is 4.77. The minimum absolute atomic E-state index is 0.0368. The summed E-state index contributed by atoms with van der Waals surface area (Å²) in [7, 11) is 0. The molecule has 1 saturated carbocycles. The fraction of sp³-hybridized carbons (Fsp3) is 0.526. The van der Waals surface area contributed by atoms with Gasteiger partial charge in [0.05, 0.1) is 5.75 Å². The second-order valence-corrected chi connectivity index (χ2v) is 8.42. The van der Waals surface area contributed by atoms with Crippen LogP contribution in [0.25, 0.3) is 0 Å². The van der Waals surface area contributed by atoms with E-state index in [1.165, 1.54) is 24.6 Å². The Labute approximate surface area is 168 Å². The van der Waals surface area contributed by atoms with Crippen molar-refractivity contribution < 1.29 is 9.53 Å². The fourth-order valence-corrected chi connectivity index (χ4v) is 4.01. The summed E-state index contributed by atoms with van der Waals surface area (Å²) in [5.74, 6) is 2.85. The molecule has 1 heterocycles. The van der Waals surface area contributed by atoms with Gasteiger partial charge in [-0.05, 0) is 42.5 Å². The van der Waals surface area contributed by atoms with Crippen LogP contribution in [0.5, 0.6) is 5.75 Å². The Morgan fingerprint density at radius 3 is 2.89 bits per heavy atom. The molecule has 0 saturated heterocycles. The molecule has 0 radical (unpaired) electrons. The highest BCUT2D eigenvalue weighted by Gasteiger charge is 2.28. The minimum atomic E-state index is 0.0368. The number of aromatic nitrogens is 3. The van der Waals surface area contributed by atoms with Crippen molar-refractivity contribution in [2.75, 3.05) is 5.75 Å². The summed E-state index contributed by atoms with van der Waals surface area (Å²) in [4.78, 5) is 16.6. The van der Waals surface area contributed by atoms with Crippen molar-refractivity contribution in [1.82, 2.24) is 20.5 Å². The zero-order valence-corrected chi connectivity index (χ0v) is 17.1. The molecule has 0 aliphatic heterocycles. The second kappa shape index (κ2) is 9.46. The van der Waals surface area contributed by atoms with Crippen molar-refractivity contribution in [3.05, 3.63) is 35.1 Å². The number of aromatic amines is 1. The molecule has 1 aromatic carbocycles. The van der Waals surface area contributed by atoms with Crippen LogP contribution in [0.4, 0.5) is 0 Å². The lowest BCUT2D eigenvalue weighted by molar-refractivity contribution is -0.120. The summed E-state index contributed by atoms with van der Waals surface area (Å²) in [5, 5.41) is 11.4. The molecule has 3 unspecified atom stereocenters. The highest BCUT2D eigenvalue weighted by molar-refractivity contribution is 7.99.